The number of allylic oxidation sites excluding steroid dienone is 3. The van der Waals surface area contributed by atoms with Gasteiger partial charge in [0.05, 0.1) is 18.4 Å². The van der Waals surface area contributed by atoms with Crippen LogP contribution >= 0.6 is 0 Å². The zero-order valence-corrected chi connectivity index (χ0v) is 13.2. The maximum atomic E-state index is 6.06. The predicted molar refractivity (Wildman–Crippen MR) is 92.2 cm³/mol. The fraction of sp³-hybridized carbons (Fsp3) is 0.421. The standard InChI is InChI=1S/C19H24N2O/c1-3-4-6-17(20-2)15-8-9-16-14(13-15)10-12-22-19(16)18-7-5-11-21-18/h3-4,6,8-9,13,18-19,21H,2,5,7,10-12H2,1H3/b4-3-,17-6-/t18-,19+/m0/s1. The van der Waals surface area contributed by atoms with Gasteiger partial charge in [0.15, 0.2) is 0 Å². The lowest BCUT2D eigenvalue weighted by atomic mass is 9.90. The third-order valence-electron chi connectivity index (χ3n) is 4.49. The van der Waals surface area contributed by atoms with E-state index in [9.17, 15) is 0 Å². The normalized spacial score (nSPS) is 25.4. The van der Waals surface area contributed by atoms with E-state index in [4.69, 9.17) is 4.74 Å². The molecule has 0 bridgehead atoms. The van der Waals surface area contributed by atoms with E-state index in [-0.39, 0.29) is 6.10 Å². The molecule has 22 heavy (non-hydrogen) atoms. The van der Waals surface area contributed by atoms with Gasteiger partial charge in [-0.2, -0.15) is 0 Å². The predicted octanol–water partition coefficient (Wildman–Crippen LogP) is 3.67. The number of hydrogen-bond acceptors (Lipinski definition) is 3. The van der Waals surface area contributed by atoms with Gasteiger partial charge in [-0.1, -0.05) is 24.3 Å². The minimum atomic E-state index is 0.194. The first-order valence-electron chi connectivity index (χ1n) is 8.11. The first kappa shape index (κ1) is 15.2. The van der Waals surface area contributed by atoms with Gasteiger partial charge in [-0.15, -0.1) is 0 Å². The summed E-state index contributed by atoms with van der Waals surface area (Å²) < 4.78 is 6.06. The average molecular weight is 296 g/mol. The number of nitrogens with one attached hydrogen (secondary N) is 1. The van der Waals surface area contributed by atoms with Gasteiger partial charge in [-0.3, -0.25) is 4.99 Å². The molecule has 3 rings (SSSR count). The summed E-state index contributed by atoms with van der Waals surface area (Å²) in [4.78, 5) is 4.16. The summed E-state index contributed by atoms with van der Waals surface area (Å²) in [5.74, 6) is 0. The van der Waals surface area contributed by atoms with Gasteiger partial charge in [0, 0.05) is 11.6 Å². The third-order valence-corrected chi connectivity index (χ3v) is 4.49. The maximum absolute atomic E-state index is 6.06. The Labute approximate surface area is 132 Å². The highest BCUT2D eigenvalue weighted by atomic mass is 16.5. The second-order valence-corrected chi connectivity index (χ2v) is 5.89. The molecule has 2 heterocycles. The third kappa shape index (κ3) is 3.06. The Bertz CT molecular complexity index is 597. The molecular weight excluding hydrogens is 272 g/mol. The number of aliphatic imine (C=N–C) groups is 1. The van der Waals surface area contributed by atoms with Crippen molar-refractivity contribution < 1.29 is 4.74 Å². The van der Waals surface area contributed by atoms with E-state index >= 15 is 0 Å². The number of rotatable bonds is 4. The van der Waals surface area contributed by atoms with Gasteiger partial charge in [0.25, 0.3) is 0 Å². The molecule has 2 aliphatic heterocycles. The second kappa shape index (κ2) is 7.03. The van der Waals surface area contributed by atoms with E-state index in [1.807, 2.05) is 25.2 Å². The highest BCUT2D eigenvalue weighted by Gasteiger charge is 2.30. The van der Waals surface area contributed by atoms with Crippen molar-refractivity contribution in [2.24, 2.45) is 4.99 Å². The smallest absolute Gasteiger partial charge is 0.0980 e. The molecule has 3 nitrogen and oxygen atoms in total. The summed E-state index contributed by atoms with van der Waals surface area (Å²) in [7, 11) is 0. The minimum Gasteiger partial charge on any atom is -0.372 e. The summed E-state index contributed by atoms with van der Waals surface area (Å²) >= 11 is 0. The van der Waals surface area contributed by atoms with Crippen LogP contribution in [0, 0.1) is 0 Å². The molecule has 1 aromatic rings. The Morgan fingerprint density at radius 2 is 2.36 bits per heavy atom. The molecule has 2 atom stereocenters. The maximum Gasteiger partial charge on any atom is 0.0980 e. The topological polar surface area (TPSA) is 33.6 Å². The van der Waals surface area contributed by atoms with E-state index in [0.717, 1.165) is 30.8 Å². The van der Waals surface area contributed by atoms with Gasteiger partial charge < -0.3 is 10.1 Å². The van der Waals surface area contributed by atoms with Crippen molar-refractivity contribution in [3.63, 3.8) is 0 Å². The number of nitrogens with zero attached hydrogens (tertiary/aromatic N) is 1. The summed E-state index contributed by atoms with van der Waals surface area (Å²) in [5.41, 5.74) is 4.77. The molecule has 0 aliphatic carbocycles. The highest BCUT2D eigenvalue weighted by molar-refractivity contribution is 5.70. The van der Waals surface area contributed by atoms with Crippen LogP contribution in [0.25, 0.3) is 5.70 Å². The van der Waals surface area contributed by atoms with Crippen molar-refractivity contribution in [3.8, 4) is 0 Å². The SMILES string of the molecule is C=N/C(=C\C=C/C)c1ccc2c(c1)CCO[C@H]2[C@@H]1CCCN1. The van der Waals surface area contributed by atoms with Crippen molar-refractivity contribution in [1.82, 2.24) is 5.32 Å². The lowest BCUT2D eigenvalue weighted by molar-refractivity contribution is 0.0199. The number of benzene rings is 1. The van der Waals surface area contributed by atoms with Gasteiger partial charge in [-0.05, 0) is 62.7 Å². The van der Waals surface area contributed by atoms with Crippen LogP contribution in [0.1, 0.15) is 42.6 Å². The summed E-state index contributed by atoms with van der Waals surface area (Å²) in [6.45, 7) is 7.60. The highest BCUT2D eigenvalue weighted by Crippen LogP contribution is 2.34. The first-order chi connectivity index (χ1) is 10.8. The number of fused-ring (bicyclic) bond motifs is 1. The average Bonchev–Trinajstić information content (AvgIpc) is 3.09. The number of hydrogen-bond donors (Lipinski definition) is 1. The van der Waals surface area contributed by atoms with Crippen molar-refractivity contribution in [3.05, 3.63) is 53.1 Å². The van der Waals surface area contributed by atoms with Crippen molar-refractivity contribution in [2.75, 3.05) is 13.2 Å². The molecule has 0 spiro atoms. The molecule has 1 aromatic carbocycles. The first-order valence-corrected chi connectivity index (χ1v) is 8.11. The zero-order chi connectivity index (χ0) is 15.4. The van der Waals surface area contributed by atoms with Gasteiger partial charge in [0.1, 0.15) is 0 Å². The molecule has 1 N–H and O–H groups in total. The molecule has 0 unspecified atom stereocenters. The molecule has 0 radical (unpaired) electrons. The van der Waals surface area contributed by atoms with Gasteiger partial charge in [0.2, 0.25) is 0 Å². The van der Waals surface area contributed by atoms with Crippen molar-refractivity contribution in [1.29, 1.82) is 0 Å². The van der Waals surface area contributed by atoms with E-state index in [1.165, 1.54) is 24.0 Å². The monoisotopic (exact) mass is 296 g/mol. The van der Waals surface area contributed by atoms with Crippen LogP contribution in [-0.4, -0.2) is 25.9 Å². The molecule has 0 amide bonds. The van der Waals surface area contributed by atoms with E-state index < -0.39 is 0 Å². The Kier molecular flexibility index (Phi) is 4.86. The molecular formula is C19H24N2O. The molecule has 3 heteroatoms. The van der Waals surface area contributed by atoms with Crippen molar-refractivity contribution >= 4 is 12.4 Å². The largest absolute Gasteiger partial charge is 0.372 e. The van der Waals surface area contributed by atoms with Crippen LogP contribution in [0.15, 0.2) is 41.4 Å². The second-order valence-electron chi connectivity index (χ2n) is 5.89. The fourth-order valence-electron chi connectivity index (χ4n) is 3.38. The Balaban J connectivity index is 1.91. The Morgan fingerprint density at radius 1 is 1.45 bits per heavy atom. The molecule has 116 valence electrons. The van der Waals surface area contributed by atoms with Crippen LogP contribution in [0.3, 0.4) is 0 Å². The van der Waals surface area contributed by atoms with E-state index in [1.54, 1.807) is 0 Å². The van der Waals surface area contributed by atoms with Crippen molar-refractivity contribution in [2.45, 2.75) is 38.3 Å². The summed E-state index contributed by atoms with van der Waals surface area (Å²) in [6, 6.07) is 7.06. The Hall–Kier alpha value is -1.71. The molecule has 1 fully saturated rings. The van der Waals surface area contributed by atoms with E-state index in [0.29, 0.717) is 6.04 Å². The van der Waals surface area contributed by atoms with Crippen LogP contribution < -0.4 is 5.32 Å². The quantitative estimate of drug-likeness (QED) is 0.679. The molecule has 0 saturated carbocycles. The Morgan fingerprint density at radius 3 is 3.09 bits per heavy atom. The van der Waals surface area contributed by atoms with Crippen LogP contribution in [0.4, 0.5) is 0 Å². The van der Waals surface area contributed by atoms with Crippen LogP contribution in [0.5, 0.6) is 0 Å². The number of ether oxygens (including phenoxy) is 1. The minimum absolute atomic E-state index is 0.194. The van der Waals surface area contributed by atoms with Crippen LogP contribution in [0.2, 0.25) is 0 Å². The summed E-state index contributed by atoms with van der Waals surface area (Å²) in [5, 5.41) is 3.57. The fourth-order valence-corrected chi connectivity index (χ4v) is 3.38. The van der Waals surface area contributed by atoms with Gasteiger partial charge in [-0.25, -0.2) is 0 Å². The van der Waals surface area contributed by atoms with E-state index in [2.05, 4.69) is 35.2 Å². The molecule has 0 aromatic heterocycles. The zero-order valence-electron chi connectivity index (χ0n) is 13.2. The lowest BCUT2D eigenvalue weighted by Gasteiger charge is -2.31. The lowest BCUT2D eigenvalue weighted by Crippen LogP contribution is -2.33. The van der Waals surface area contributed by atoms with Gasteiger partial charge >= 0.3 is 0 Å². The molecule has 2 aliphatic rings. The molecule has 1 saturated heterocycles. The summed E-state index contributed by atoms with van der Waals surface area (Å²) in [6.07, 6.45) is 9.61. The van der Waals surface area contributed by atoms with Crippen LogP contribution in [-0.2, 0) is 11.2 Å².